The predicted octanol–water partition coefficient (Wildman–Crippen LogP) is 6.78. The number of nitrogens with zero attached hydrogens (tertiary/aromatic N) is 6. The molecule has 0 spiro atoms. The van der Waals surface area contributed by atoms with E-state index >= 15 is 0 Å². The Kier molecular flexibility index (Phi) is 5.41. The van der Waals surface area contributed by atoms with Gasteiger partial charge in [-0.3, -0.25) is 4.40 Å². The topological polar surface area (TPSA) is 60.9 Å². The lowest BCUT2D eigenvalue weighted by molar-refractivity contribution is 0.608. The average Bonchev–Trinajstić information content (AvgIpc) is 3.75. The summed E-state index contributed by atoms with van der Waals surface area (Å²) in [4.78, 5) is 21.5. The Labute approximate surface area is 309 Å². The number of hydrogen-bond donors (Lipinski definition) is 0. The zero-order valence-corrected chi connectivity index (χ0v) is 28.9. The third-order valence-corrected chi connectivity index (χ3v) is 15.9. The smallest absolute Gasteiger partial charge is 0.239 e. The summed E-state index contributed by atoms with van der Waals surface area (Å²) in [6.45, 7) is -5.89. The second-order valence-corrected chi connectivity index (χ2v) is 17.4. The van der Waals surface area contributed by atoms with Crippen molar-refractivity contribution in [1.29, 1.82) is 0 Å². The fourth-order valence-corrected chi connectivity index (χ4v) is 14.0. The standard InChI is InChI=1S/C43H32N6SSi/c1-43(2)31-20-9-14-26-37(31)50-39-32(43)21-15-27-38(39)51(29-16-5-3-6-17-29,30-18-7-4-8-19-30)41-45-28-44-40(47-41)49-36-25-13-12-24-35(36)48-34-23-11-10-22-33(34)46-42(48)49/h3-28H,1-2H3/i1D3,2D3. The van der Waals surface area contributed by atoms with Gasteiger partial charge in [0.25, 0.3) is 0 Å². The first-order chi connectivity index (χ1) is 27.6. The molecule has 10 rings (SSSR count). The first kappa shape index (κ1) is 24.3. The van der Waals surface area contributed by atoms with Crippen molar-refractivity contribution in [3.8, 4) is 5.95 Å². The molecule has 0 fully saturated rings. The van der Waals surface area contributed by atoms with Gasteiger partial charge in [0, 0.05) is 23.4 Å². The van der Waals surface area contributed by atoms with E-state index < -0.39 is 27.2 Å². The van der Waals surface area contributed by atoms with Gasteiger partial charge < -0.3 is 0 Å². The van der Waals surface area contributed by atoms with Crippen LogP contribution in [0.3, 0.4) is 0 Å². The number of hydrogen-bond acceptors (Lipinski definition) is 5. The van der Waals surface area contributed by atoms with Crippen LogP contribution in [0.4, 0.5) is 0 Å². The van der Waals surface area contributed by atoms with E-state index in [9.17, 15) is 0 Å². The highest BCUT2D eigenvalue weighted by molar-refractivity contribution is 7.99. The van der Waals surface area contributed by atoms with Crippen molar-refractivity contribution in [3.63, 3.8) is 0 Å². The second kappa shape index (κ2) is 11.3. The number of imidazole rings is 2. The molecule has 8 heteroatoms. The molecule has 3 aromatic heterocycles. The number of rotatable bonds is 5. The number of fused-ring (bicyclic) bond motifs is 7. The molecule has 51 heavy (non-hydrogen) atoms. The summed E-state index contributed by atoms with van der Waals surface area (Å²) >= 11 is 1.41. The van der Waals surface area contributed by atoms with Gasteiger partial charge >= 0.3 is 0 Å². The average molecular weight is 699 g/mol. The van der Waals surface area contributed by atoms with Crippen LogP contribution in [0.2, 0.25) is 0 Å². The van der Waals surface area contributed by atoms with Gasteiger partial charge in [0.15, 0.2) is 0 Å². The first-order valence-electron chi connectivity index (χ1n) is 19.7. The maximum absolute atomic E-state index is 9.02. The molecule has 0 amide bonds. The van der Waals surface area contributed by atoms with Gasteiger partial charge in [-0.2, -0.15) is 0 Å². The van der Waals surface area contributed by atoms with E-state index in [1.807, 2.05) is 102 Å². The summed E-state index contributed by atoms with van der Waals surface area (Å²) < 4.78 is 58.2. The monoisotopic (exact) mass is 698 g/mol. The highest BCUT2D eigenvalue weighted by atomic mass is 32.2. The van der Waals surface area contributed by atoms with Crippen molar-refractivity contribution in [3.05, 3.63) is 169 Å². The molecule has 0 bridgehead atoms. The Balaban J connectivity index is 1.34. The van der Waals surface area contributed by atoms with Gasteiger partial charge in [-0.25, -0.2) is 24.5 Å². The molecular formula is C43H32N6SSi. The van der Waals surface area contributed by atoms with Gasteiger partial charge in [-0.15, -0.1) is 0 Å². The van der Waals surface area contributed by atoms with Crippen molar-refractivity contribution >= 4 is 68.7 Å². The maximum atomic E-state index is 9.02. The van der Waals surface area contributed by atoms with Gasteiger partial charge in [-0.05, 0) is 57.0 Å². The van der Waals surface area contributed by atoms with E-state index in [4.69, 9.17) is 28.2 Å². The minimum atomic E-state index is -3.68. The molecule has 0 saturated heterocycles. The van der Waals surface area contributed by atoms with Crippen molar-refractivity contribution in [2.75, 3.05) is 0 Å². The second-order valence-electron chi connectivity index (χ2n) is 12.7. The SMILES string of the molecule is [2H]C([2H])([2H])C1(C([2H])([2H])[2H])c2ccccc2Sc2c1cccc2[Si](c1ccccc1)(c1ccccc1)c1ncnc(-n2c3ccccc3n3c4ccccc4nc23)n1. The van der Waals surface area contributed by atoms with E-state index in [1.54, 1.807) is 24.3 Å². The molecule has 0 radical (unpaired) electrons. The Bertz CT molecular complexity index is 2950. The quantitative estimate of drug-likeness (QED) is 0.147. The molecule has 6 aromatic carbocycles. The van der Waals surface area contributed by atoms with Crippen LogP contribution < -0.4 is 21.0 Å². The summed E-state index contributed by atoms with van der Waals surface area (Å²) in [6.07, 6.45) is 1.53. The zero-order chi connectivity index (χ0) is 39.2. The lowest BCUT2D eigenvalue weighted by Crippen LogP contribution is -2.77. The van der Waals surface area contributed by atoms with Crippen LogP contribution in [-0.4, -0.2) is 37.0 Å². The lowest BCUT2D eigenvalue weighted by atomic mass is 9.78. The first-order valence-corrected chi connectivity index (χ1v) is 19.5. The summed E-state index contributed by atoms with van der Waals surface area (Å²) in [5, 5.41) is 2.65. The van der Waals surface area contributed by atoms with E-state index in [0.29, 0.717) is 27.0 Å². The van der Waals surface area contributed by atoms with Gasteiger partial charge in [-0.1, -0.05) is 147 Å². The van der Waals surface area contributed by atoms with E-state index in [1.165, 1.54) is 18.1 Å². The molecule has 0 atom stereocenters. The zero-order valence-electron chi connectivity index (χ0n) is 33.1. The molecule has 0 N–H and O–H groups in total. The Morgan fingerprint density at radius 3 is 2.02 bits per heavy atom. The minimum absolute atomic E-state index is 0.240. The molecule has 244 valence electrons. The molecule has 9 aromatic rings. The highest BCUT2D eigenvalue weighted by Crippen LogP contribution is 2.48. The van der Waals surface area contributed by atoms with Crippen LogP contribution in [0.1, 0.15) is 33.1 Å². The van der Waals surface area contributed by atoms with Crippen LogP contribution in [-0.2, 0) is 5.41 Å². The van der Waals surface area contributed by atoms with Crippen LogP contribution in [0.5, 0.6) is 0 Å². The van der Waals surface area contributed by atoms with E-state index in [-0.39, 0.29) is 11.1 Å². The molecule has 6 nitrogen and oxygen atoms in total. The van der Waals surface area contributed by atoms with Gasteiger partial charge in [0.2, 0.25) is 19.8 Å². The van der Waals surface area contributed by atoms with Gasteiger partial charge in [0.1, 0.15) is 11.8 Å². The molecule has 4 heterocycles. The lowest BCUT2D eigenvalue weighted by Gasteiger charge is -2.39. The molecular weight excluding hydrogens is 661 g/mol. The molecule has 0 saturated carbocycles. The molecule has 0 unspecified atom stereocenters. The highest BCUT2D eigenvalue weighted by Gasteiger charge is 2.48. The van der Waals surface area contributed by atoms with Crippen molar-refractivity contribution in [2.24, 2.45) is 0 Å². The maximum Gasteiger partial charge on any atom is 0.239 e. The molecule has 1 aliphatic heterocycles. The van der Waals surface area contributed by atoms with Crippen molar-refractivity contribution in [1.82, 2.24) is 28.9 Å². The largest absolute Gasteiger partial charge is 0.276 e. The molecule has 0 aliphatic carbocycles. The predicted molar refractivity (Wildman–Crippen MR) is 209 cm³/mol. The normalized spacial score (nSPS) is 16.0. The molecule has 1 aliphatic rings. The van der Waals surface area contributed by atoms with Crippen molar-refractivity contribution < 1.29 is 8.22 Å². The minimum Gasteiger partial charge on any atom is -0.276 e. The van der Waals surface area contributed by atoms with E-state index in [0.717, 1.165) is 37.6 Å². The summed E-state index contributed by atoms with van der Waals surface area (Å²) in [6, 6.07) is 48.6. The number of benzene rings is 6. The van der Waals surface area contributed by atoms with Crippen LogP contribution in [0, 0.1) is 0 Å². The number of para-hydroxylation sites is 4. The van der Waals surface area contributed by atoms with Crippen LogP contribution >= 0.6 is 11.8 Å². The van der Waals surface area contributed by atoms with Crippen LogP contribution in [0.15, 0.2) is 168 Å². The Morgan fingerprint density at radius 1 is 0.608 bits per heavy atom. The fraction of sp³-hybridized carbons (Fsp3) is 0.0698. The van der Waals surface area contributed by atoms with Crippen molar-refractivity contribution in [2.45, 2.75) is 28.9 Å². The number of aromatic nitrogens is 6. The summed E-state index contributed by atoms with van der Waals surface area (Å²) in [5.41, 5.74) is 2.28. The van der Waals surface area contributed by atoms with Crippen LogP contribution in [0.25, 0.3) is 33.8 Å². The third kappa shape index (κ3) is 4.30. The van der Waals surface area contributed by atoms with Gasteiger partial charge in [0.05, 0.1) is 22.1 Å². The Morgan fingerprint density at radius 2 is 1.25 bits per heavy atom. The van der Waals surface area contributed by atoms with E-state index in [2.05, 4.69) is 34.7 Å². The third-order valence-electron chi connectivity index (χ3n) is 9.94. The fourth-order valence-electron chi connectivity index (χ4n) is 7.71. The summed E-state index contributed by atoms with van der Waals surface area (Å²) in [5.74, 6) is 1.01. The Hall–Kier alpha value is -5.83. The summed E-state index contributed by atoms with van der Waals surface area (Å²) in [7, 11) is -3.68.